The van der Waals surface area contributed by atoms with Crippen molar-refractivity contribution in [2.75, 3.05) is 20.2 Å². The van der Waals surface area contributed by atoms with Gasteiger partial charge in [-0.15, -0.1) is 0 Å². The van der Waals surface area contributed by atoms with Crippen molar-refractivity contribution < 1.29 is 14.3 Å². The number of carbonyl (C=O) groups is 1. The van der Waals surface area contributed by atoms with Gasteiger partial charge in [0.15, 0.2) is 0 Å². The third-order valence-electron chi connectivity index (χ3n) is 4.33. The third kappa shape index (κ3) is 3.46. The highest BCUT2D eigenvalue weighted by atomic mass is 35.5. The SMILES string of the molecule is COc1ccccc1-c1cc(C(=O)N2CC(Oc3ncccc3Cl)C2)[nH]n1. The van der Waals surface area contributed by atoms with Gasteiger partial charge in [-0.25, -0.2) is 4.98 Å². The Kier molecular flexibility index (Phi) is 4.68. The van der Waals surface area contributed by atoms with Crippen LogP contribution in [0.3, 0.4) is 0 Å². The number of methoxy groups -OCH3 is 1. The minimum atomic E-state index is -0.129. The van der Waals surface area contributed by atoms with E-state index >= 15 is 0 Å². The van der Waals surface area contributed by atoms with Crippen molar-refractivity contribution in [3.05, 3.63) is 59.4 Å². The maximum atomic E-state index is 12.6. The summed E-state index contributed by atoms with van der Waals surface area (Å²) in [6.07, 6.45) is 1.49. The second kappa shape index (κ2) is 7.28. The molecule has 3 aromatic rings. The average molecular weight is 385 g/mol. The van der Waals surface area contributed by atoms with Gasteiger partial charge in [-0.05, 0) is 30.3 Å². The first-order valence-electron chi connectivity index (χ1n) is 8.41. The van der Waals surface area contributed by atoms with Crippen LogP contribution in [-0.2, 0) is 0 Å². The lowest BCUT2D eigenvalue weighted by Crippen LogP contribution is -2.56. The molecule has 1 aromatic carbocycles. The Morgan fingerprint density at radius 3 is 2.85 bits per heavy atom. The summed E-state index contributed by atoms with van der Waals surface area (Å²) < 4.78 is 11.1. The Morgan fingerprint density at radius 2 is 2.07 bits per heavy atom. The topological polar surface area (TPSA) is 80.3 Å². The van der Waals surface area contributed by atoms with Crippen LogP contribution in [0.4, 0.5) is 0 Å². The van der Waals surface area contributed by atoms with E-state index in [-0.39, 0.29) is 12.0 Å². The molecule has 0 bridgehead atoms. The average Bonchev–Trinajstić information content (AvgIpc) is 3.15. The van der Waals surface area contributed by atoms with Crippen LogP contribution in [0.2, 0.25) is 5.02 Å². The minimum Gasteiger partial charge on any atom is -0.496 e. The Bertz CT molecular complexity index is 969. The third-order valence-corrected chi connectivity index (χ3v) is 4.62. The van der Waals surface area contributed by atoms with E-state index < -0.39 is 0 Å². The summed E-state index contributed by atoms with van der Waals surface area (Å²) in [6.45, 7) is 0.934. The minimum absolute atomic E-state index is 0.127. The fraction of sp³-hybridized carbons (Fsp3) is 0.211. The molecule has 1 N–H and O–H groups in total. The molecule has 0 spiro atoms. The molecule has 138 valence electrons. The molecule has 7 nitrogen and oxygen atoms in total. The molecular formula is C19H17ClN4O3. The molecule has 0 atom stereocenters. The number of para-hydroxylation sites is 1. The number of aromatic nitrogens is 3. The van der Waals surface area contributed by atoms with Crippen molar-refractivity contribution in [1.29, 1.82) is 0 Å². The molecule has 0 aliphatic carbocycles. The first-order valence-corrected chi connectivity index (χ1v) is 8.78. The highest BCUT2D eigenvalue weighted by Gasteiger charge is 2.34. The number of nitrogens with one attached hydrogen (secondary N) is 1. The second-order valence-electron chi connectivity index (χ2n) is 6.11. The summed E-state index contributed by atoms with van der Waals surface area (Å²) in [7, 11) is 1.60. The zero-order valence-corrected chi connectivity index (χ0v) is 15.3. The van der Waals surface area contributed by atoms with Gasteiger partial charge in [0.25, 0.3) is 5.91 Å². The van der Waals surface area contributed by atoms with Gasteiger partial charge >= 0.3 is 0 Å². The van der Waals surface area contributed by atoms with E-state index in [1.807, 2.05) is 24.3 Å². The number of halogens is 1. The van der Waals surface area contributed by atoms with Gasteiger partial charge in [0.1, 0.15) is 22.6 Å². The monoisotopic (exact) mass is 384 g/mol. The van der Waals surface area contributed by atoms with Gasteiger partial charge in [0.05, 0.1) is 25.9 Å². The lowest BCUT2D eigenvalue weighted by molar-refractivity contribution is 0.0156. The Hall–Kier alpha value is -3.06. The number of rotatable bonds is 5. The van der Waals surface area contributed by atoms with Crippen LogP contribution in [-0.4, -0.2) is 52.3 Å². The number of H-pyrrole nitrogens is 1. The van der Waals surface area contributed by atoms with E-state index in [2.05, 4.69) is 15.2 Å². The number of benzene rings is 1. The number of hydrogen-bond acceptors (Lipinski definition) is 5. The number of aromatic amines is 1. The summed E-state index contributed by atoms with van der Waals surface area (Å²) in [6, 6.07) is 12.7. The van der Waals surface area contributed by atoms with Crippen molar-refractivity contribution in [1.82, 2.24) is 20.1 Å². The highest BCUT2D eigenvalue weighted by Crippen LogP contribution is 2.29. The van der Waals surface area contributed by atoms with Gasteiger partial charge in [0, 0.05) is 11.8 Å². The van der Waals surface area contributed by atoms with Crippen LogP contribution < -0.4 is 9.47 Å². The number of amides is 1. The van der Waals surface area contributed by atoms with Crippen LogP contribution in [0, 0.1) is 0 Å². The Balaban J connectivity index is 1.40. The lowest BCUT2D eigenvalue weighted by Gasteiger charge is -2.38. The number of ether oxygens (including phenoxy) is 2. The van der Waals surface area contributed by atoms with Crippen LogP contribution in [0.25, 0.3) is 11.3 Å². The van der Waals surface area contributed by atoms with Crippen LogP contribution in [0.1, 0.15) is 10.5 Å². The molecule has 3 heterocycles. The Labute approximate surface area is 160 Å². The maximum absolute atomic E-state index is 12.6. The zero-order valence-electron chi connectivity index (χ0n) is 14.6. The number of carbonyl (C=O) groups excluding carboxylic acids is 1. The van der Waals surface area contributed by atoms with E-state index in [1.54, 1.807) is 36.4 Å². The number of likely N-dealkylation sites (tertiary alicyclic amines) is 1. The molecule has 1 saturated heterocycles. The summed E-state index contributed by atoms with van der Waals surface area (Å²) in [4.78, 5) is 18.4. The smallest absolute Gasteiger partial charge is 0.272 e. The van der Waals surface area contributed by atoms with Gasteiger partial charge in [-0.3, -0.25) is 9.89 Å². The molecule has 1 amide bonds. The van der Waals surface area contributed by atoms with E-state index in [1.165, 1.54) is 0 Å². The lowest BCUT2D eigenvalue weighted by atomic mass is 10.1. The summed E-state index contributed by atoms with van der Waals surface area (Å²) in [5.74, 6) is 0.958. The van der Waals surface area contributed by atoms with Crippen LogP contribution >= 0.6 is 11.6 Å². The molecule has 0 unspecified atom stereocenters. The maximum Gasteiger partial charge on any atom is 0.272 e. The molecular weight excluding hydrogens is 368 g/mol. The van der Waals surface area contributed by atoms with Gasteiger partial charge < -0.3 is 14.4 Å². The molecule has 1 aliphatic rings. The van der Waals surface area contributed by atoms with Crippen molar-refractivity contribution >= 4 is 17.5 Å². The molecule has 0 saturated carbocycles. The fourth-order valence-electron chi connectivity index (χ4n) is 2.89. The van der Waals surface area contributed by atoms with E-state index in [9.17, 15) is 4.79 Å². The standard InChI is InChI=1S/C19H17ClN4O3/c1-26-17-7-3-2-5-13(17)15-9-16(23-22-15)19(25)24-10-12(11-24)27-18-14(20)6-4-8-21-18/h2-9,12H,10-11H2,1H3,(H,22,23). The van der Waals surface area contributed by atoms with Gasteiger partial charge in [0.2, 0.25) is 5.88 Å². The first kappa shape index (κ1) is 17.4. The second-order valence-corrected chi connectivity index (χ2v) is 6.51. The normalized spacial score (nSPS) is 13.9. The van der Waals surface area contributed by atoms with Crippen molar-refractivity contribution in [3.63, 3.8) is 0 Å². The fourth-order valence-corrected chi connectivity index (χ4v) is 3.06. The molecule has 8 heteroatoms. The van der Waals surface area contributed by atoms with E-state index in [4.69, 9.17) is 21.1 Å². The summed E-state index contributed by atoms with van der Waals surface area (Å²) in [5, 5.41) is 7.51. The molecule has 1 fully saturated rings. The van der Waals surface area contributed by atoms with Crippen molar-refractivity contribution in [3.8, 4) is 22.9 Å². The highest BCUT2D eigenvalue weighted by molar-refractivity contribution is 6.31. The molecule has 1 aliphatic heterocycles. The predicted molar refractivity (Wildman–Crippen MR) is 100 cm³/mol. The predicted octanol–water partition coefficient (Wildman–Crippen LogP) is 3.04. The quantitative estimate of drug-likeness (QED) is 0.731. The van der Waals surface area contributed by atoms with E-state index in [0.717, 1.165) is 5.56 Å². The number of nitrogens with zero attached hydrogens (tertiary/aromatic N) is 3. The molecule has 4 rings (SSSR count). The first-order chi connectivity index (χ1) is 13.2. The van der Waals surface area contributed by atoms with Crippen molar-refractivity contribution in [2.24, 2.45) is 0 Å². The largest absolute Gasteiger partial charge is 0.496 e. The van der Waals surface area contributed by atoms with Crippen molar-refractivity contribution in [2.45, 2.75) is 6.10 Å². The van der Waals surface area contributed by atoms with E-state index in [0.29, 0.717) is 41.1 Å². The Morgan fingerprint density at radius 1 is 1.26 bits per heavy atom. The molecule has 27 heavy (non-hydrogen) atoms. The summed E-state index contributed by atoms with van der Waals surface area (Å²) in [5.41, 5.74) is 1.90. The number of hydrogen-bond donors (Lipinski definition) is 1. The molecule has 2 aromatic heterocycles. The van der Waals surface area contributed by atoms with Gasteiger partial charge in [-0.2, -0.15) is 5.10 Å². The number of pyridine rings is 1. The zero-order chi connectivity index (χ0) is 18.8. The summed E-state index contributed by atoms with van der Waals surface area (Å²) >= 11 is 6.04. The molecule has 0 radical (unpaired) electrons. The van der Waals surface area contributed by atoms with Gasteiger partial charge in [-0.1, -0.05) is 23.7 Å². The van der Waals surface area contributed by atoms with Crippen LogP contribution in [0.5, 0.6) is 11.6 Å². The van der Waals surface area contributed by atoms with Crippen LogP contribution in [0.15, 0.2) is 48.7 Å².